The molecule has 1 fully saturated rings. The Morgan fingerprint density at radius 3 is 2.95 bits per heavy atom. The number of benzene rings is 1. The number of hydrogen-bond donors (Lipinski definition) is 2. The van der Waals surface area contributed by atoms with Gasteiger partial charge < -0.3 is 15.3 Å². The Bertz CT molecular complexity index is 456. The maximum Gasteiger partial charge on any atom is 0.227 e. The van der Waals surface area contributed by atoms with Crippen molar-refractivity contribution in [2.24, 2.45) is 5.92 Å². The Morgan fingerprint density at radius 1 is 1.55 bits per heavy atom. The van der Waals surface area contributed by atoms with Crippen molar-refractivity contribution in [2.45, 2.75) is 32.7 Å². The first-order valence-corrected chi connectivity index (χ1v) is 7.43. The topological polar surface area (TPSA) is 52.6 Å². The molecule has 2 rings (SSSR count). The zero-order valence-corrected chi connectivity index (χ0v) is 12.3. The lowest BCUT2D eigenvalue weighted by atomic mass is 9.96. The number of nitrogens with one attached hydrogen (secondary N) is 1. The predicted molar refractivity (Wildman–Crippen MR) is 79.5 cm³/mol. The van der Waals surface area contributed by atoms with Gasteiger partial charge in [0.15, 0.2) is 0 Å². The largest absolute Gasteiger partial charge is 0.508 e. The van der Waals surface area contributed by atoms with Crippen LogP contribution in [0.1, 0.15) is 38.3 Å². The molecular formula is C16H24N2O2. The lowest BCUT2D eigenvalue weighted by Gasteiger charge is -2.33. The Balaban J connectivity index is 2.12. The second kappa shape index (κ2) is 6.75. The molecule has 110 valence electrons. The zero-order valence-electron chi connectivity index (χ0n) is 12.3. The Morgan fingerprint density at radius 2 is 2.35 bits per heavy atom. The van der Waals surface area contributed by atoms with E-state index in [1.807, 2.05) is 30.9 Å². The van der Waals surface area contributed by atoms with Crippen LogP contribution in [0.4, 0.5) is 0 Å². The molecule has 2 unspecified atom stereocenters. The summed E-state index contributed by atoms with van der Waals surface area (Å²) in [5.41, 5.74) is 0.976. The third-order valence-electron chi connectivity index (χ3n) is 4.09. The molecule has 0 saturated carbocycles. The molecule has 0 radical (unpaired) electrons. The van der Waals surface area contributed by atoms with Gasteiger partial charge in [0.1, 0.15) is 5.75 Å². The molecule has 1 heterocycles. The van der Waals surface area contributed by atoms with Crippen molar-refractivity contribution in [3.05, 3.63) is 29.8 Å². The average Bonchev–Trinajstić information content (AvgIpc) is 2.48. The maximum absolute atomic E-state index is 12.7. The van der Waals surface area contributed by atoms with E-state index in [0.29, 0.717) is 6.54 Å². The number of carbonyl (C=O) groups is 1. The summed E-state index contributed by atoms with van der Waals surface area (Å²) in [7, 11) is 0. The van der Waals surface area contributed by atoms with Crippen LogP contribution in [0.15, 0.2) is 24.3 Å². The van der Waals surface area contributed by atoms with Gasteiger partial charge in [-0.3, -0.25) is 4.79 Å². The van der Waals surface area contributed by atoms with E-state index >= 15 is 0 Å². The number of piperidine rings is 1. The molecule has 2 atom stereocenters. The molecule has 1 aliphatic rings. The van der Waals surface area contributed by atoms with Gasteiger partial charge in [0.05, 0.1) is 12.0 Å². The van der Waals surface area contributed by atoms with E-state index in [1.165, 1.54) is 0 Å². The maximum atomic E-state index is 12.7. The van der Waals surface area contributed by atoms with Crippen LogP contribution in [0.5, 0.6) is 5.75 Å². The van der Waals surface area contributed by atoms with Crippen molar-refractivity contribution < 1.29 is 9.90 Å². The first-order chi connectivity index (χ1) is 9.63. The highest BCUT2D eigenvalue weighted by Crippen LogP contribution is 2.26. The molecular weight excluding hydrogens is 252 g/mol. The second-order valence-electron chi connectivity index (χ2n) is 5.44. The molecule has 0 aromatic heterocycles. The number of nitrogens with zero attached hydrogens (tertiary/aromatic N) is 1. The molecule has 4 nitrogen and oxygen atoms in total. The second-order valence-corrected chi connectivity index (χ2v) is 5.44. The molecule has 1 aromatic carbocycles. The number of amides is 1. The quantitative estimate of drug-likeness (QED) is 0.887. The first kappa shape index (κ1) is 14.9. The van der Waals surface area contributed by atoms with E-state index in [-0.39, 0.29) is 23.6 Å². The summed E-state index contributed by atoms with van der Waals surface area (Å²) in [5.74, 6) is 0.552. The minimum Gasteiger partial charge on any atom is -0.508 e. The van der Waals surface area contributed by atoms with Crippen molar-refractivity contribution in [2.75, 3.05) is 19.6 Å². The number of aromatic hydroxyl groups is 1. The third-order valence-corrected chi connectivity index (χ3v) is 4.09. The van der Waals surface area contributed by atoms with Gasteiger partial charge in [-0.05, 0) is 50.9 Å². The molecule has 20 heavy (non-hydrogen) atoms. The lowest BCUT2D eigenvalue weighted by Crippen LogP contribution is -2.43. The summed E-state index contributed by atoms with van der Waals surface area (Å²) in [6.07, 6.45) is 2.03. The average molecular weight is 276 g/mol. The van der Waals surface area contributed by atoms with Crippen LogP contribution in [0, 0.1) is 5.92 Å². The van der Waals surface area contributed by atoms with Crippen LogP contribution in [0.25, 0.3) is 0 Å². The molecule has 0 spiro atoms. The van der Waals surface area contributed by atoms with Gasteiger partial charge in [-0.1, -0.05) is 12.1 Å². The van der Waals surface area contributed by atoms with Crippen LogP contribution < -0.4 is 5.32 Å². The SMILES string of the molecule is CCN(C(=O)C1CCCNC1)C(C)c1cccc(O)c1. The van der Waals surface area contributed by atoms with Crippen molar-refractivity contribution >= 4 is 5.91 Å². The van der Waals surface area contributed by atoms with E-state index in [0.717, 1.165) is 31.5 Å². The van der Waals surface area contributed by atoms with Crippen LogP contribution in [0.3, 0.4) is 0 Å². The number of carbonyl (C=O) groups excluding carboxylic acids is 1. The normalized spacial score (nSPS) is 20.4. The van der Waals surface area contributed by atoms with Gasteiger partial charge in [0.2, 0.25) is 5.91 Å². The van der Waals surface area contributed by atoms with Crippen LogP contribution in [-0.4, -0.2) is 35.5 Å². The van der Waals surface area contributed by atoms with Crippen molar-refractivity contribution in [1.29, 1.82) is 0 Å². The van der Waals surface area contributed by atoms with E-state index in [4.69, 9.17) is 0 Å². The summed E-state index contributed by atoms with van der Waals surface area (Å²) < 4.78 is 0. The molecule has 1 aliphatic heterocycles. The first-order valence-electron chi connectivity index (χ1n) is 7.43. The van der Waals surface area contributed by atoms with E-state index in [9.17, 15) is 9.90 Å². The van der Waals surface area contributed by atoms with Crippen LogP contribution in [-0.2, 0) is 4.79 Å². The van der Waals surface area contributed by atoms with E-state index < -0.39 is 0 Å². The summed E-state index contributed by atoms with van der Waals surface area (Å²) in [6, 6.07) is 7.15. The molecule has 1 aromatic rings. The highest BCUT2D eigenvalue weighted by molar-refractivity contribution is 5.79. The fraction of sp³-hybridized carbons (Fsp3) is 0.562. The minimum atomic E-state index is -0.0125. The number of phenolic OH excluding ortho intramolecular Hbond substituents is 1. The summed E-state index contributed by atoms with van der Waals surface area (Å²) in [6.45, 7) is 6.51. The highest BCUT2D eigenvalue weighted by atomic mass is 16.3. The van der Waals surface area contributed by atoms with Gasteiger partial charge in [0.25, 0.3) is 0 Å². The lowest BCUT2D eigenvalue weighted by molar-refractivity contribution is -0.138. The molecule has 0 aliphatic carbocycles. The zero-order chi connectivity index (χ0) is 14.5. The van der Waals surface area contributed by atoms with Gasteiger partial charge in [0, 0.05) is 13.1 Å². The molecule has 4 heteroatoms. The number of rotatable bonds is 4. The van der Waals surface area contributed by atoms with Crippen LogP contribution in [0.2, 0.25) is 0 Å². The van der Waals surface area contributed by atoms with Crippen molar-refractivity contribution in [1.82, 2.24) is 10.2 Å². The minimum absolute atomic E-state index is 0.0125. The molecule has 1 saturated heterocycles. The van der Waals surface area contributed by atoms with E-state index in [2.05, 4.69) is 5.32 Å². The Hall–Kier alpha value is -1.55. The van der Waals surface area contributed by atoms with Gasteiger partial charge in [-0.2, -0.15) is 0 Å². The highest BCUT2D eigenvalue weighted by Gasteiger charge is 2.28. The Kier molecular flexibility index (Phi) is 5.01. The Labute approximate surface area is 120 Å². The monoisotopic (exact) mass is 276 g/mol. The van der Waals surface area contributed by atoms with Crippen molar-refractivity contribution in [3.63, 3.8) is 0 Å². The summed E-state index contributed by atoms with van der Waals surface area (Å²) in [4.78, 5) is 14.6. The standard InChI is InChI=1S/C16H24N2O2/c1-3-18(16(20)14-7-5-9-17-11-14)12(2)13-6-4-8-15(19)10-13/h4,6,8,10,12,14,17,19H,3,5,7,9,11H2,1-2H3. The summed E-state index contributed by atoms with van der Waals surface area (Å²) in [5, 5.41) is 12.9. The molecule has 1 amide bonds. The van der Waals surface area contributed by atoms with Gasteiger partial charge >= 0.3 is 0 Å². The number of hydrogen-bond acceptors (Lipinski definition) is 3. The molecule has 2 N–H and O–H groups in total. The van der Waals surface area contributed by atoms with Crippen molar-refractivity contribution in [3.8, 4) is 5.75 Å². The smallest absolute Gasteiger partial charge is 0.227 e. The van der Waals surface area contributed by atoms with Crippen LogP contribution >= 0.6 is 0 Å². The van der Waals surface area contributed by atoms with Gasteiger partial charge in [-0.15, -0.1) is 0 Å². The number of phenols is 1. The fourth-order valence-electron chi connectivity index (χ4n) is 2.88. The summed E-state index contributed by atoms with van der Waals surface area (Å²) >= 11 is 0. The molecule has 0 bridgehead atoms. The van der Waals surface area contributed by atoms with Gasteiger partial charge in [-0.25, -0.2) is 0 Å². The predicted octanol–water partition coefficient (Wildman–Crippen LogP) is 2.30. The fourth-order valence-corrected chi connectivity index (χ4v) is 2.88. The third kappa shape index (κ3) is 3.31. The van der Waals surface area contributed by atoms with E-state index in [1.54, 1.807) is 12.1 Å².